The highest BCUT2D eigenvalue weighted by molar-refractivity contribution is 5.99. The number of rotatable bonds is 5. The highest BCUT2D eigenvalue weighted by Gasteiger charge is 2.22. The minimum atomic E-state index is -0.960. The standard InChI is InChI=1S/C18H22N6O3/c1-6-24-15-8-7-13(9-14(15)20-22-24)18(26)27-12(4)17(25)19-16-10(2)21-23(5)11(16)3/h7-9,12H,6H2,1-5H3,(H,19,25)/t12-/m0/s1. The molecule has 0 fully saturated rings. The Hall–Kier alpha value is -3.23. The predicted octanol–water partition coefficient (Wildman–Crippen LogP) is 1.99. The normalized spacial score (nSPS) is 12.2. The summed E-state index contributed by atoms with van der Waals surface area (Å²) in [4.78, 5) is 24.8. The number of carbonyl (C=O) groups excluding carboxylic acids is 2. The molecular formula is C18H22N6O3. The molecule has 3 rings (SSSR count). The predicted molar refractivity (Wildman–Crippen MR) is 99.4 cm³/mol. The molecule has 0 aliphatic heterocycles. The zero-order chi connectivity index (χ0) is 19.7. The largest absolute Gasteiger partial charge is 0.449 e. The van der Waals surface area contributed by atoms with Crippen molar-refractivity contribution in [3.05, 3.63) is 35.2 Å². The topological polar surface area (TPSA) is 104 Å². The van der Waals surface area contributed by atoms with Crippen LogP contribution in [0, 0.1) is 13.8 Å². The molecule has 1 aromatic carbocycles. The van der Waals surface area contributed by atoms with Gasteiger partial charge in [0.05, 0.1) is 28.2 Å². The number of fused-ring (bicyclic) bond motifs is 1. The number of carbonyl (C=O) groups is 2. The van der Waals surface area contributed by atoms with Crippen LogP contribution in [0.1, 0.15) is 35.6 Å². The molecule has 2 heterocycles. The van der Waals surface area contributed by atoms with Gasteiger partial charge < -0.3 is 10.1 Å². The number of hydrogen-bond donors (Lipinski definition) is 1. The summed E-state index contributed by atoms with van der Waals surface area (Å²) < 4.78 is 8.72. The fourth-order valence-electron chi connectivity index (χ4n) is 2.79. The molecule has 0 aliphatic rings. The van der Waals surface area contributed by atoms with Gasteiger partial charge in [-0.2, -0.15) is 5.10 Å². The van der Waals surface area contributed by atoms with Gasteiger partial charge in [-0.3, -0.25) is 9.48 Å². The van der Waals surface area contributed by atoms with Crippen LogP contribution in [0.2, 0.25) is 0 Å². The van der Waals surface area contributed by atoms with Crippen molar-refractivity contribution in [1.82, 2.24) is 24.8 Å². The van der Waals surface area contributed by atoms with Crippen LogP contribution >= 0.6 is 0 Å². The van der Waals surface area contributed by atoms with E-state index in [9.17, 15) is 9.59 Å². The molecule has 1 N–H and O–H groups in total. The van der Waals surface area contributed by atoms with Crippen LogP contribution in [0.25, 0.3) is 11.0 Å². The minimum absolute atomic E-state index is 0.319. The third-order valence-electron chi connectivity index (χ3n) is 4.46. The molecule has 3 aromatic rings. The summed E-state index contributed by atoms with van der Waals surface area (Å²) in [5.41, 5.74) is 3.91. The maximum absolute atomic E-state index is 12.4. The number of nitrogens with zero attached hydrogens (tertiary/aromatic N) is 5. The summed E-state index contributed by atoms with van der Waals surface area (Å²) in [6.07, 6.45) is -0.960. The molecule has 1 atom stereocenters. The lowest BCUT2D eigenvalue weighted by atomic mass is 10.2. The first-order valence-corrected chi connectivity index (χ1v) is 8.67. The number of benzene rings is 1. The lowest BCUT2D eigenvalue weighted by molar-refractivity contribution is -0.123. The quantitative estimate of drug-likeness (QED) is 0.689. The number of nitrogens with one attached hydrogen (secondary N) is 1. The Balaban J connectivity index is 1.70. The Morgan fingerprint density at radius 2 is 2.04 bits per heavy atom. The number of aryl methyl sites for hydroxylation is 3. The van der Waals surface area contributed by atoms with Crippen molar-refractivity contribution in [2.24, 2.45) is 7.05 Å². The van der Waals surface area contributed by atoms with Crippen LogP contribution in [0.15, 0.2) is 18.2 Å². The van der Waals surface area contributed by atoms with E-state index in [1.807, 2.05) is 13.8 Å². The van der Waals surface area contributed by atoms with Crippen molar-refractivity contribution < 1.29 is 14.3 Å². The highest BCUT2D eigenvalue weighted by atomic mass is 16.5. The van der Waals surface area contributed by atoms with Gasteiger partial charge in [-0.25, -0.2) is 9.48 Å². The van der Waals surface area contributed by atoms with Crippen molar-refractivity contribution in [2.45, 2.75) is 40.3 Å². The maximum atomic E-state index is 12.4. The Labute approximate surface area is 156 Å². The molecule has 0 bridgehead atoms. The van der Waals surface area contributed by atoms with Crippen LogP contribution in [0.3, 0.4) is 0 Å². The SMILES string of the molecule is CCn1nnc2cc(C(=O)O[C@@H](C)C(=O)Nc3c(C)nn(C)c3C)ccc21. The van der Waals surface area contributed by atoms with E-state index in [1.54, 1.807) is 41.5 Å². The first-order valence-electron chi connectivity index (χ1n) is 8.67. The number of esters is 1. The Kier molecular flexibility index (Phi) is 4.93. The zero-order valence-electron chi connectivity index (χ0n) is 16.0. The molecule has 9 nitrogen and oxygen atoms in total. The molecular weight excluding hydrogens is 348 g/mol. The molecule has 1 amide bonds. The number of amides is 1. The minimum Gasteiger partial charge on any atom is -0.449 e. The van der Waals surface area contributed by atoms with E-state index in [0.717, 1.165) is 11.2 Å². The van der Waals surface area contributed by atoms with Crippen molar-refractivity contribution in [3.63, 3.8) is 0 Å². The molecule has 142 valence electrons. The smallest absolute Gasteiger partial charge is 0.338 e. The van der Waals surface area contributed by atoms with Gasteiger partial charge in [0.25, 0.3) is 5.91 Å². The van der Waals surface area contributed by atoms with Gasteiger partial charge in [0.15, 0.2) is 6.10 Å². The summed E-state index contributed by atoms with van der Waals surface area (Å²) in [7, 11) is 1.80. The van der Waals surface area contributed by atoms with Crippen molar-refractivity contribution >= 4 is 28.6 Å². The molecule has 0 unspecified atom stereocenters. The van der Waals surface area contributed by atoms with Crippen molar-refractivity contribution in [1.29, 1.82) is 0 Å². The van der Waals surface area contributed by atoms with Crippen molar-refractivity contribution in [2.75, 3.05) is 5.32 Å². The highest BCUT2D eigenvalue weighted by Crippen LogP contribution is 2.19. The first kappa shape index (κ1) is 18.6. The van der Waals surface area contributed by atoms with Crippen LogP contribution < -0.4 is 5.32 Å². The van der Waals surface area contributed by atoms with Crippen LogP contribution in [0.4, 0.5) is 5.69 Å². The van der Waals surface area contributed by atoms with Gasteiger partial charge in [-0.15, -0.1) is 5.10 Å². The Morgan fingerprint density at radius 1 is 1.30 bits per heavy atom. The summed E-state index contributed by atoms with van der Waals surface area (Å²) in [6.45, 7) is 7.83. The molecule has 9 heteroatoms. The molecule has 0 radical (unpaired) electrons. The molecule has 0 saturated heterocycles. The van der Waals surface area contributed by atoms with E-state index in [-0.39, 0.29) is 0 Å². The van der Waals surface area contributed by atoms with Gasteiger partial charge in [-0.1, -0.05) is 5.21 Å². The summed E-state index contributed by atoms with van der Waals surface area (Å²) in [5, 5.41) is 15.1. The van der Waals surface area contributed by atoms with Gasteiger partial charge in [0.1, 0.15) is 5.52 Å². The molecule has 0 aliphatic carbocycles. The number of aromatic nitrogens is 5. The number of ether oxygens (including phenoxy) is 1. The fraction of sp³-hybridized carbons (Fsp3) is 0.389. The average Bonchev–Trinajstić information content (AvgIpc) is 3.16. The molecule has 0 spiro atoms. The number of anilines is 1. The van der Waals surface area contributed by atoms with Gasteiger partial charge in [0, 0.05) is 13.6 Å². The van der Waals surface area contributed by atoms with Gasteiger partial charge in [0.2, 0.25) is 0 Å². The molecule has 2 aromatic heterocycles. The van der Waals surface area contributed by atoms with E-state index in [4.69, 9.17) is 4.74 Å². The summed E-state index contributed by atoms with van der Waals surface area (Å²) in [5.74, 6) is -1.01. The summed E-state index contributed by atoms with van der Waals surface area (Å²) >= 11 is 0. The van der Waals surface area contributed by atoms with E-state index in [2.05, 4.69) is 20.7 Å². The van der Waals surface area contributed by atoms with Crippen LogP contribution in [0.5, 0.6) is 0 Å². The Bertz CT molecular complexity index is 1020. The monoisotopic (exact) mass is 370 g/mol. The first-order chi connectivity index (χ1) is 12.8. The lowest BCUT2D eigenvalue weighted by Crippen LogP contribution is -2.30. The molecule has 0 saturated carbocycles. The van der Waals surface area contributed by atoms with Crippen molar-refractivity contribution in [3.8, 4) is 0 Å². The van der Waals surface area contributed by atoms with E-state index in [1.165, 1.54) is 6.92 Å². The average molecular weight is 370 g/mol. The van der Waals surface area contributed by atoms with Gasteiger partial charge >= 0.3 is 5.97 Å². The molecule has 27 heavy (non-hydrogen) atoms. The second-order valence-electron chi connectivity index (χ2n) is 6.31. The second-order valence-corrected chi connectivity index (χ2v) is 6.31. The fourth-order valence-corrected chi connectivity index (χ4v) is 2.79. The van der Waals surface area contributed by atoms with Crippen LogP contribution in [-0.2, 0) is 23.1 Å². The summed E-state index contributed by atoms with van der Waals surface area (Å²) in [6, 6.07) is 5.01. The van der Waals surface area contributed by atoms with Gasteiger partial charge in [-0.05, 0) is 45.9 Å². The Morgan fingerprint density at radius 3 is 2.67 bits per heavy atom. The van der Waals surface area contributed by atoms with E-state index in [0.29, 0.717) is 29.0 Å². The lowest BCUT2D eigenvalue weighted by Gasteiger charge is -2.14. The third-order valence-corrected chi connectivity index (χ3v) is 4.46. The second kappa shape index (κ2) is 7.18. The van der Waals surface area contributed by atoms with Crippen LogP contribution in [-0.4, -0.2) is 42.8 Å². The van der Waals surface area contributed by atoms with E-state index >= 15 is 0 Å². The zero-order valence-corrected chi connectivity index (χ0v) is 16.0. The maximum Gasteiger partial charge on any atom is 0.338 e. The van der Waals surface area contributed by atoms with E-state index < -0.39 is 18.0 Å². The number of hydrogen-bond acceptors (Lipinski definition) is 6. The third kappa shape index (κ3) is 3.53.